The third kappa shape index (κ3) is 2.84. The van der Waals surface area contributed by atoms with Crippen molar-refractivity contribution in [2.24, 2.45) is 0 Å². The van der Waals surface area contributed by atoms with Gasteiger partial charge < -0.3 is 0 Å². The van der Waals surface area contributed by atoms with Crippen LogP contribution < -0.4 is 0 Å². The Morgan fingerprint density at radius 2 is 1.78 bits per heavy atom. The quantitative estimate of drug-likeness (QED) is 0.623. The van der Waals surface area contributed by atoms with Crippen LogP contribution in [0.15, 0.2) is 52.3 Å². The minimum absolute atomic E-state index is 0.270. The van der Waals surface area contributed by atoms with Gasteiger partial charge >= 0.3 is 0 Å². The second-order valence-electron chi connectivity index (χ2n) is 3.43. The van der Waals surface area contributed by atoms with E-state index in [-0.39, 0.29) is 10.6 Å². The molecule has 0 radical (unpaired) electrons. The van der Waals surface area contributed by atoms with Gasteiger partial charge in [0, 0.05) is 4.90 Å². The number of rotatable bonds is 3. The van der Waals surface area contributed by atoms with Crippen molar-refractivity contribution < 1.29 is 13.7 Å². The number of hydrogen-bond donors (Lipinski definition) is 0. The molecule has 0 aliphatic rings. The van der Waals surface area contributed by atoms with E-state index in [1.165, 1.54) is 24.3 Å². The zero-order valence-electron chi connectivity index (χ0n) is 8.97. The fourth-order valence-corrected chi connectivity index (χ4v) is 2.32. The van der Waals surface area contributed by atoms with Crippen LogP contribution in [-0.4, -0.2) is 4.92 Å². The molecule has 6 heteroatoms. The van der Waals surface area contributed by atoms with E-state index in [1.807, 2.05) is 0 Å². The molecule has 0 spiro atoms. The van der Waals surface area contributed by atoms with Gasteiger partial charge in [0.1, 0.15) is 11.6 Å². The molecule has 3 nitrogen and oxygen atoms in total. The Morgan fingerprint density at radius 1 is 1.06 bits per heavy atom. The standard InChI is InChI=1S/C12H7F2NO2S/c13-8-2-1-3-10(6-8)18-12-5-4-9(14)7-11(12)15(16)17/h1-7H. The van der Waals surface area contributed by atoms with Gasteiger partial charge in [0.15, 0.2) is 0 Å². The fraction of sp³-hybridized carbons (Fsp3) is 0. The summed E-state index contributed by atoms with van der Waals surface area (Å²) in [7, 11) is 0. The largest absolute Gasteiger partial charge is 0.286 e. The van der Waals surface area contributed by atoms with Crippen LogP contribution >= 0.6 is 11.8 Å². The zero-order valence-corrected chi connectivity index (χ0v) is 9.79. The Hall–Kier alpha value is -1.95. The van der Waals surface area contributed by atoms with Crippen molar-refractivity contribution >= 4 is 17.4 Å². The molecular formula is C12H7F2NO2S. The van der Waals surface area contributed by atoms with Crippen LogP contribution in [0.5, 0.6) is 0 Å². The first-order valence-corrected chi connectivity index (χ1v) is 5.75. The van der Waals surface area contributed by atoms with E-state index in [1.54, 1.807) is 6.07 Å². The Bertz CT molecular complexity index is 604. The first kappa shape index (κ1) is 12.5. The summed E-state index contributed by atoms with van der Waals surface area (Å²) in [5.74, 6) is -1.10. The summed E-state index contributed by atoms with van der Waals surface area (Å²) in [5, 5.41) is 10.8. The molecule has 0 amide bonds. The molecule has 2 aromatic carbocycles. The molecular weight excluding hydrogens is 260 g/mol. The van der Waals surface area contributed by atoms with Crippen LogP contribution in [-0.2, 0) is 0 Å². The van der Waals surface area contributed by atoms with Gasteiger partial charge in [-0.3, -0.25) is 10.1 Å². The van der Waals surface area contributed by atoms with Gasteiger partial charge in [0.2, 0.25) is 0 Å². The van der Waals surface area contributed by atoms with Gasteiger partial charge in [-0.2, -0.15) is 0 Å². The molecule has 0 aliphatic heterocycles. The number of benzene rings is 2. The Balaban J connectivity index is 2.37. The molecule has 0 atom stereocenters. The maximum atomic E-state index is 13.0. The smallest absolute Gasteiger partial charge is 0.258 e. The summed E-state index contributed by atoms with van der Waals surface area (Å²) in [5.41, 5.74) is -0.329. The number of nitro groups is 1. The van der Waals surface area contributed by atoms with E-state index >= 15 is 0 Å². The van der Waals surface area contributed by atoms with Crippen LogP contribution in [0, 0.1) is 21.7 Å². The van der Waals surface area contributed by atoms with Gasteiger partial charge in [-0.1, -0.05) is 17.8 Å². The fourth-order valence-electron chi connectivity index (χ4n) is 1.38. The lowest BCUT2D eigenvalue weighted by Gasteiger charge is -2.03. The molecule has 0 unspecified atom stereocenters. The molecule has 2 rings (SSSR count). The number of nitro benzene ring substituents is 1. The SMILES string of the molecule is O=[N+]([O-])c1cc(F)ccc1Sc1cccc(F)c1. The van der Waals surface area contributed by atoms with Gasteiger partial charge in [-0.25, -0.2) is 8.78 Å². The van der Waals surface area contributed by atoms with E-state index in [9.17, 15) is 18.9 Å². The highest BCUT2D eigenvalue weighted by atomic mass is 32.2. The van der Waals surface area contributed by atoms with Crippen molar-refractivity contribution in [3.63, 3.8) is 0 Å². The highest BCUT2D eigenvalue weighted by Crippen LogP contribution is 2.35. The van der Waals surface area contributed by atoms with Crippen molar-refractivity contribution in [3.8, 4) is 0 Å². The van der Waals surface area contributed by atoms with E-state index in [4.69, 9.17) is 0 Å². The normalized spacial score (nSPS) is 10.3. The third-order valence-corrected chi connectivity index (χ3v) is 3.20. The molecule has 18 heavy (non-hydrogen) atoms. The molecule has 0 saturated carbocycles. The molecule has 92 valence electrons. The highest BCUT2D eigenvalue weighted by molar-refractivity contribution is 7.99. The van der Waals surface area contributed by atoms with Crippen LogP contribution in [0.3, 0.4) is 0 Å². The summed E-state index contributed by atoms with van der Waals surface area (Å²) in [6.07, 6.45) is 0. The first-order chi connectivity index (χ1) is 8.56. The molecule has 0 N–H and O–H groups in total. The topological polar surface area (TPSA) is 43.1 Å². The maximum Gasteiger partial charge on any atom is 0.286 e. The molecule has 2 aromatic rings. The van der Waals surface area contributed by atoms with Crippen molar-refractivity contribution in [2.45, 2.75) is 9.79 Å². The highest BCUT2D eigenvalue weighted by Gasteiger charge is 2.16. The maximum absolute atomic E-state index is 13.0. The Morgan fingerprint density at radius 3 is 2.44 bits per heavy atom. The molecule has 0 heterocycles. The average molecular weight is 267 g/mol. The van der Waals surface area contributed by atoms with E-state index in [0.717, 1.165) is 23.9 Å². The lowest BCUT2D eigenvalue weighted by molar-refractivity contribution is -0.387. The van der Waals surface area contributed by atoms with Crippen molar-refractivity contribution in [1.82, 2.24) is 0 Å². The van der Waals surface area contributed by atoms with Crippen molar-refractivity contribution in [1.29, 1.82) is 0 Å². The summed E-state index contributed by atoms with van der Waals surface area (Å²) in [4.78, 5) is 10.9. The molecule has 0 saturated heterocycles. The second-order valence-corrected chi connectivity index (χ2v) is 4.54. The van der Waals surface area contributed by atoms with Crippen LogP contribution in [0.1, 0.15) is 0 Å². The summed E-state index contributed by atoms with van der Waals surface area (Å²) >= 11 is 1.02. The van der Waals surface area contributed by atoms with Crippen LogP contribution in [0.2, 0.25) is 0 Å². The van der Waals surface area contributed by atoms with Gasteiger partial charge in [-0.05, 0) is 30.3 Å². The Kier molecular flexibility index (Phi) is 3.57. The van der Waals surface area contributed by atoms with Crippen LogP contribution in [0.25, 0.3) is 0 Å². The third-order valence-electron chi connectivity index (χ3n) is 2.14. The van der Waals surface area contributed by atoms with Crippen molar-refractivity contribution in [2.75, 3.05) is 0 Å². The number of nitrogens with zero attached hydrogens (tertiary/aromatic N) is 1. The Labute approximate surface area is 106 Å². The average Bonchev–Trinajstić information content (AvgIpc) is 2.31. The molecule has 0 bridgehead atoms. The van der Waals surface area contributed by atoms with Gasteiger partial charge in [0.25, 0.3) is 5.69 Å². The second kappa shape index (κ2) is 5.14. The van der Waals surface area contributed by atoms with E-state index in [0.29, 0.717) is 4.90 Å². The van der Waals surface area contributed by atoms with Crippen LogP contribution in [0.4, 0.5) is 14.5 Å². The molecule has 0 fully saturated rings. The van der Waals surface area contributed by atoms with Gasteiger partial charge in [-0.15, -0.1) is 0 Å². The van der Waals surface area contributed by atoms with Crippen molar-refractivity contribution in [3.05, 3.63) is 64.2 Å². The van der Waals surface area contributed by atoms with Gasteiger partial charge in [0.05, 0.1) is 15.9 Å². The lowest BCUT2D eigenvalue weighted by Crippen LogP contribution is -1.92. The van der Waals surface area contributed by atoms with E-state index < -0.39 is 16.6 Å². The lowest BCUT2D eigenvalue weighted by atomic mass is 10.3. The first-order valence-electron chi connectivity index (χ1n) is 4.93. The summed E-state index contributed by atoms with van der Waals surface area (Å²) in [6, 6.07) is 8.97. The molecule has 0 aliphatic carbocycles. The molecule has 0 aromatic heterocycles. The number of hydrogen-bond acceptors (Lipinski definition) is 3. The summed E-state index contributed by atoms with van der Waals surface area (Å²) in [6.45, 7) is 0. The zero-order chi connectivity index (χ0) is 13.1. The van der Waals surface area contributed by atoms with E-state index in [2.05, 4.69) is 0 Å². The predicted molar refractivity (Wildman–Crippen MR) is 63.6 cm³/mol. The summed E-state index contributed by atoms with van der Waals surface area (Å²) < 4.78 is 25.9. The predicted octanol–water partition coefficient (Wildman–Crippen LogP) is 4.02. The monoisotopic (exact) mass is 267 g/mol. The minimum atomic E-state index is -0.676. The number of halogens is 2. The minimum Gasteiger partial charge on any atom is -0.258 e.